The van der Waals surface area contributed by atoms with Gasteiger partial charge in [0.05, 0.1) is 13.2 Å². The van der Waals surface area contributed by atoms with Crippen molar-refractivity contribution in [2.45, 2.75) is 19.4 Å². The van der Waals surface area contributed by atoms with Gasteiger partial charge in [0, 0.05) is 5.56 Å². The third-order valence-electron chi connectivity index (χ3n) is 4.81. The standard InChI is InChI=1S/C25H25NO2/c1-4-10-20-17-21(15-16-23(20)28-3)25(27)26-24(19-12-6-5-7-13-19)22-14-9-8-11-18(22)2/h4-9,11-17,24H,1,10H2,2-3H3,(H,26,27)/t24-/m0/s1. The van der Waals surface area contributed by atoms with E-state index in [1.54, 1.807) is 19.3 Å². The van der Waals surface area contributed by atoms with Crippen LogP contribution >= 0.6 is 0 Å². The Balaban J connectivity index is 1.95. The second-order valence-electron chi connectivity index (χ2n) is 6.69. The molecule has 0 bridgehead atoms. The molecule has 142 valence electrons. The number of benzene rings is 3. The Labute approximate surface area is 166 Å². The predicted octanol–water partition coefficient (Wildman–Crippen LogP) is 5.25. The van der Waals surface area contributed by atoms with Crippen molar-refractivity contribution in [3.05, 3.63) is 113 Å². The lowest BCUT2D eigenvalue weighted by Gasteiger charge is -2.22. The highest BCUT2D eigenvalue weighted by Gasteiger charge is 2.20. The molecule has 1 amide bonds. The van der Waals surface area contributed by atoms with E-state index in [0.717, 1.165) is 28.0 Å². The number of aryl methyl sites for hydroxylation is 1. The summed E-state index contributed by atoms with van der Waals surface area (Å²) in [5.74, 6) is 0.639. The number of nitrogens with one attached hydrogen (secondary N) is 1. The molecule has 0 aromatic heterocycles. The fraction of sp³-hybridized carbons (Fsp3) is 0.160. The zero-order valence-electron chi connectivity index (χ0n) is 16.3. The van der Waals surface area contributed by atoms with Crippen LogP contribution in [0.4, 0.5) is 0 Å². The maximum absolute atomic E-state index is 13.1. The molecule has 3 aromatic rings. The van der Waals surface area contributed by atoms with Gasteiger partial charge < -0.3 is 10.1 Å². The van der Waals surface area contributed by atoms with Crippen LogP contribution in [0, 0.1) is 6.92 Å². The van der Waals surface area contributed by atoms with Crippen LogP contribution in [0.3, 0.4) is 0 Å². The Morgan fingerprint density at radius 1 is 1.07 bits per heavy atom. The highest BCUT2D eigenvalue weighted by Crippen LogP contribution is 2.26. The van der Waals surface area contributed by atoms with Crippen molar-refractivity contribution >= 4 is 5.91 Å². The fourth-order valence-electron chi connectivity index (χ4n) is 3.35. The molecule has 0 aliphatic heterocycles. The lowest BCUT2D eigenvalue weighted by molar-refractivity contribution is 0.0943. The highest BCUT2D eigenvalue weighted by atomic mass is 16.5. The molecule has 3 rings (SSSR count). The molecule has 3 heteroatoms. The van der Waals surface area contributed by atoms with Crippen LogP contribution in [0.2, 0.25) is 0 Å². The van der Waals surface area contributed by atoms with E-state index in [2.05, 4.69) is 31.0 Å². The number of methoxy groups -OCH3 is 1. The van der Waals surface area contributed by atoms with Crippen molar-refractivity contribution in [1.29, 1.82) is 0 Å². The van der Waals surface area contributed by atoms with Gasteiger partial charge >= 0.3 is 0 Å². The third-order valence-corrected chi connectivity index (χ3v) is 4.81. The van der Waals surface area contributed by atoms with Crippen LogP contribution in [-0.2, 0) is 6.42 Å². The lowest BCUT2D eigenvalue weighted by atomic mass is 9.94. The van der Waals surface area contributed by atoms with Gasteiger partial charge in [-0.05, 0) is 53.8 Å². The van der Waals surface area contributed by atoms with Crippen LogP contribution in [0.15, 0.2) is 85.5 Å². The first kappa shape index (κ1) is 19.4. The quantitative estimate of drug-likeness (QED) is 0.576. The van der Waals surface area contributed by atoms with E-state index in [-0.39, 0.29) is 11.9 Å². The first-order chi connectivity index (χ1) is 13.6. The molecule has 1 atom stereocenters. The number of ether oxygens (including phenoxy) is 1. The summed E-state index contributed by atoms with van der Waals surface area (Å²) in [4.78, 5) is 13.1. The topological polar surface area (TPSA) is 38.3 Å². The largest absolute Gasteiger partial charge is 0.496 e. The van der Waals surface area contributed by atoms with Crippen molar-refractivity contribution < 1.29 is 9.53 Å². The normalized spacial score (nSPS) is 11.5. The summed E-state index contributed by atoms with van der Waals surface area (Å²) in [6, 6.07) is 23.4. The first-order valence-electron chi connectivity index (χ1n) is 9.33. The predicted molar refractivity (Wildman–Crippen MR) is 114 cm³/mol. The summed E-state index contributed by atoms with van der Waals surface area (Å²) < 4.78 is 5.39. The molecule has 3 aromatic carbocycles. The average Bonchev–Trinajstić information content (AvgIpc) is 2.73. The van der Waals surface area contributed by atoms with Crippen molar-refractivity contribution in [1.82, 2.24) is 5.32 Å². The van der Waals surface area contributed by atoms with Gasteiger partial charge in [0.25, 0.3) is 5.91 Å². The Bertz CT molecular complexity index is 963. The van der Waals surface area contributed by atoms with E-state index in [1.807, 2.05) is 54.6 Å². The second-order valence-corrected chi connectivity index (χ2v) is 6.69. The smallest absolute Gasteiger partial charge is 0.252 e. The van der Waals surface area contributed by atoms with Crippen LogP contribution < -0.4 is 10.1 Å². The summed E-state index contributed by atoms with van der Waals surface area (Å²) in [5.41, 5.74) is 4.81. The number of hydrogen-bond donors (Lipinski definition) is 1. The van der Waals surface area contributed by atoms with Gasteiger partial charge in [-0.2, -0.15) is 0 Å². The molecule has 0 aliphatic carbocycles. The summed E-state index contributed by atoms with van der Waals surface area (Å²) in [5, 5.41) is 3.21. The van der Waals surface area contributed by atoms with Crippen molar-refractivity contribution in [3.63, 3.8) is 0 Å². The van der Waals surface area contributed by atoms with Crippen molar-refractivity contribution in [3.8, 4) is 5.75 Å². The van der Waals surface area contributed by atoms with Gasteiger partial charge in [0.15, 0.2) is 0 Å². The summed E-state index contributed by atoms with van der Waals surface area (Å²) in [7, 11) is 1.63. The molecule has 0 spiro atoms. The maximum atomic E-state index is 13.1. The molecule has 3 nitrogen and oxygen atoms in total. The van der Waals surface area contributed by atoms with Crippen molar-refractivity contribution in [2.75, 3.05) is 7.11 Å². The lowest BCUT2D eigenvalue weighted by Crippen LogP contribution is -2.30. The summed E-state index contributed by atoms with van der Waals surface area (Å²) >= 11 is 0. The van der Waals surface area contributed by atoms with E-state index in [1.165, 1.54) is 0 Å². The van der Waals surface area contributed by atoms with Gasteiger partial charge in [-0.3, -0.25) is 4.79 Å². The molecule has 1 N–H and O–H groups in total. The SMILES string of the molecule is C=CCc1cc(C(=O)N[C@@H](c2ccccc2)c2ccccc2C)ccc1OC. The molecular weight excluding hydrogens is 346 g/mol. The Hall–Kier alpha value is -3.33. The molecule has 0 heterocycles. The molecular formula is C25H25NO2. The highest BCUT2D eigenvalue weighted by molar-refractivity contribution is 5.95. The third kappa shape index (κ3) is 4.32. The summed E-state index contributed by atoms with van der Waals surface area (Å²) in [6.07, 6.45) is 2.45. The molecule has 0 saturated carbocycles. The number of allylic oxidation sites excluding steroid dienone is 1. The minimum absolute atomic E-state index is 0.120. The number of rotatable bonds is 7. The molecule has 28 heavy (non-hydrogen) atoms. The van der Waals surface area contributed by atoms with Crippen LogP contribution in [0.1, 0.15) is 38.7 Å². The minimum atomic E-state index is -0.222. The average molecular weight is 371 g/mol. The van der Waals surface area contributed by atoms with Gasteiger partial charge in [-0.15, -0.1) is 6.58 Å². The number of carbonyl (C=O) groups is 1. The van der Waals surface area contributed by atoms with Gasteiger partial charge in [-0.1, -0.05) is 60.7 Å². The molecule has 0 aliphatic rings. The first-order valence-corrected chi connectivity index (χ1v) is 9.33. The minimum Gasteiger partial charge on any atom is -0.496 e. The van der Waals surface area contributed by atoms with E-state index in [4.69, 9.17) is 4.74 Å². The van der Waals surface area contributed by atoms with E-state index >= 15 is 0 Å². The second kappa shape index (κ2) is 9.05. The van der Waals surface area contributed by atoms with Crippen molar-refractivity contribution in [2.24, 2.45) is 0 Å². The Morgan fingerprint density at radius 2 is 1.79 bits per heavy atom. The monoisotopic (exact) mass is 371 g/mol. The van der Waals surface area contributed by atoms with Crippen LogP contribution in [0.5, 0.6) is 5.75 Å². The van der Waals surface area contributed by atoms with E-state index < -0.39 is 0 Å². The van der Waals surface area contributed by atoms with Crippen LogP contribution in [0.25, 0.3) is 0 Å². The van der Waals surface area contributed by atoms with Gasteiger partial charge in [0.1, 0.15) is 5.75 Å². The number of carbonyl (C=O) groups excluding carboxylic acids is 1. The molecule has 0 saturated heterocycles. The maximum Gasteiger partial charge on any atom is 0.252 e. The molecule has 0 unspecified atom stereocenters. The Morgan fingerprint density at radius 3 is 2.46 bits per heavy atom. The Kier molecular flexibility index (Phi) is 6.28. The number of hydrogen-bond acceptors (Lipinski definition) is 2. The van der Waals surface area contributed by atoms with Gasteiger partial charge in [0.2, 0.25) is 0 Å². The zero-order chi connectivity index (χ0) is 19.9. The molecule has 0 fully saturated rings. The van der Waals surface area contributed by atoms with E-state index in [0.29, 0.717) is 12.0 Å². The zero-order valence-corrected chi connectivity index (χ0v) is 16.3. The van der Waals surface area contributed by atoms with E-state index in [9.17, 15) is 4.79 Å². The van der Waals surface area contributed by atoms with Gasteiger partial charge in [-0.25, -0.2) is 0 Å². The summed E-state index contributed by atoms with van der Waals surface area (Å²) in [6.45, 7) is 5.85. The number of amides is 1. The fourth-order valence-corrected chi connectivity index (χ4v) is 3.35. The molecule has 0 radical (unpaired) electrons. The van der Waals surface area contributed by atoms with Crippen LogP contribution in [-0.4, -0.2) is 13.0 Å².